The summed E-state index contributed by atoms with van der Waals surface area (Å²) < 4.78 is 6.73. The third-order valence-electron chi connectivity index (χ3n) is 6.32. The van der Waals surface area contributed by atoms with E-state index in [1.54, 1.807) is 18.2 Å². The summed E-state index contributed by atoms with van der Waals surface area (Å²) in [5, 5.41) is 20.4. The molecule has 5 heteroatoms. The van der Waals surface area contributed by atoms with Crippen LogP contribution >= 0.6 is 0 Å². The number of ether oxygens (including phenoxy) is 1. The zero-order chi connectivity index (χ0) is 20.9. The van der Waals surface area contributed by atoms with E-state index in [9.17, 15) is 10.4 Å². The summed E-state index contributed by atoms with van der Waals surface area (Å²) in [6, 6.07) is 23.7. The number of benzene rings is 3. The molecule has 3 aromatic carbocycles. The number of nitrogens with zero attached hydrogens (tertiary/aromatic N) is 2. The number of para-hydroxylation sites is 1. The second-order valence-electron chi connectivity index (χ2n) is 8.34. The molecule has 0 amide bonds. The lowest BCUT2D eigenvalue weighted by Gasteiger charge is -2.47. The molecule has 0 saturated carbocycles. The van der Waals surface area contributed by atoms with Gasteiger partial charge in [0.2, 0.25) is 5.72 Å². The molecule has 0 radical (unpaired) electrons. The van der Waals surface area contributed by atoms with Gasteiger partial charge in [0.1, 0.15) is 5.75 Å². The lowest BCUT2D eigenvalue weighted by atomic mass is 9.76. The quantitative estimate of drug-likeness (QED) is 0.591. The Morgan fingerprint density at radius 2 is 1.73 bits per heavy atom. The minimum Gasteiger partial charge on any atom is -0.733 e. The molecule has 2 aliphatic heterocycles. The van der Waals surface area contributed by atoms with Gasteiger partial charge >= 0.3 is 0 Å². The molecule has 5 nitrogen and oxygen atoms in total. The van der Waals surface area contributed by atoms with Crippen LogP contribution in [0.2, 0.25) is 0 Å². The van der Waals surface area contributed by atoms with Crippen LogP contribution in [0.25, 0.3) is 6.08 Å². The van der Waals surface area contributed by atoms with E-state index in [0.29, 0.717) is 12.3 Å². The van der Waals surface area contributed by atoms with Gasteiger partial charge in [0.25, 0.3) is 0 Å². The molecule has 0 saturated heterocycles. The van der Waals surface area contributed by atoms with Crippen molar-refractivity contribution in [3.05, 3.63) is 101 Å². The highest BCUT2D eigenvalue weighted by atomic mass is 16.8. The van der Waals surface area contributed by atoms with Gasteiger partial charge in [0.05, 0.1) is 11.1 Å². The van der Waals surface area contributed by atoms with Crippen molar-refractivity contribution in [2.24, 2.45) is 0 Å². The topological polar surface area (TPSA) is 59.0 Å². The lowest BCUT2D eigenvalue weighted by molar-refractivity contribution is 0.0521. The first-order valence-electron chi connectivity index (χ1n) is 10.0. The highest BCUT2D eigenvalue weighted by Crippen LogP contribution is 2.55. The van der Waals surface area contributed by atoms with Crippen molar-refractivity contribution in [3.8, 4) is 5.75 Å². The minimum atomic E-state index is -0.725. The van der Waals surface area contributed by atoms with Crippen LogP contribution < -0.4 is 14.9 Å². The molecule has 3 aromatic rings. The summed E-state index contributed by atoms with van der Waals surface area (Å²) in [6.45, 7) is 5.10. The van der Waals surface area contributed by atoms with Crippen LogP contribution in [0, 0.1) is 5.21 Å². The molecular formula is C25H23N2O3-. The first-order chi connectivity index (χ1) is 14.4. The maximum Gasteiger partial charge on any atom is 0.212 e. The van der Waals surface area contributed by atoms with Gasteiger partial charge in [-0.3, -0.25) is 5.21 Å². The van der Waals surface area contributed by atoms with Gasteiger partial charge in [-0.1, -0.05) is 48.5 Å². The van der Waals surface area contributed by atoms with E-state index in [1.807, 2.05) is 24.3 Å². The number of fused-ring (bicyclic) bond motifs is 2. The Morgan fingerprint density at radius 3 is 2.50 bits per heavy atom. The zero-order valence-corrected chi connectivity index (χ0v) is 16.9. The van der Waals surface area contributed by atoms with Crippen molar-refractivity contribution in [1.29, 1.82) is 0 Å². The third kappa shape index (κ3) is 2.63. The molecule has 0 unspecified atom stereocenters. The predicted molar refractivity (Wildman–Crippen MR) is 119 cm³/mol. The van der Waals surface area contributed by atoms with Crippen LogP contribution in [0.15, 0.2) is 78.9 Å². The van der Waals surface area contributed by atoms with Gasteiger partial charge < -0.3 is 20.1 Å². The molecule has 2 aliphatic rings. The number of hydrogen-bond donors (Lipinski definition) is 1. The fraction of sp³-hybridized carbons (Fsp3) is 0.200. The maximum atomic E-state index is 11.3. The molecule has 0 aliphatic carbocycles. The average molecular weight is 399 g/mol. The molecule has 30 heavy (non-hydrogen) atoms. The summed E-state index contributed by atoms with van der Waals surface area (Å²) in [7, 11) is 0. The molecule has 0 aromatic heterocycles. The van der Waals surface area contributed by atoms with E-state index in [2.05, 4.69) is 61.2 Å². The smallest absolute Gasteiger partial charge is 0.212 e. The van der Waals surface area contributed by atoms with Crippen molar-refractivity contribution >= 4 is 17.5 Å². The summed E-state index contributed by atoms with van der Waals surface area (Å²) in [6.07, 6.45) is 4.06. The van der Waals surface area contributed by atoms with Crippen LogP contribution in [-0.4, -0.2) is 10.9 Å². The van der Waals surface area contributed by atoms with E-state index < -0.39 is 5.72 Å². The largest absolute Gasteiger partial charge is 0.733 e. The Bertz CT molecular complexity index is 1120. The van der Waals surface area contributed by atoms with E-state index in [-0.39, 0.29) is 16.3 Å². The zero-order valence-electron chi connectivity index (χ0n) is 16.9. The SMILES string of the molecule is CC1(C)c2ccccc2N(Cc2ccccc2)[C@@]12C=Cc1cc(N([O-])O)ccc1O2. The number of hydrogen-bond acceptors (Lipinski definition) is 5. The van der Waals surface area contributed by atoms with Crippen LogP contribution in [0.1, 0.15) is 30.5 Å². The van der Waals surface area contributed by atoms with Gasteiger partial charge in [0, 0.05) is 17.8 Å². The molecule has 1 spiro atoms. The molecule has 152 valence electrons. The Hall–Kier alpha value is -3.28. The summed E-state index contributed by atoms with van der Waals surface area (Å²) in [4.78, 5) is 2.32. The van der Waals surface area contributed by atoms with Gasteiger partial charge in [0.15, 0.2) is 0 Å². The lowest BCUT2D eigenvalue weighted by Crippen LogP contribution is -2.59. The second kappa shape index (κ2) is 6.62. The molecular weight excluding hydrogens is 376 g/mol. The highest BCUT2D eigenvalue weighted by Gasteiger charge is 2.58. The van der Waals surface area contributed by atoms with Crippen LogP contribution in [-0.2, 0) is 12.0 Å². The molecule has 0 bridgehead atoms. The fourth-order valence-electron chi connectivity index (χ4n) is 4.68. The van der Waals surface area contributed by atoms with E-state index >= 15 is 0 Å². The summed E-state index contributed by atoms with van der Waals surface area (Å²) in [5.74, 6) is 0.682. The Labute approximate surface area is 176 Å². The normalized spacial score (nSPS) is 20.6. The van der Waals surface area contributed by atoms with Crippen molar-refractivity contribution in [2.45, 2.75) is 31.5 Å². The Kier molecular flexibility index (Phi) is 4.13. The third-order valence-corrected chi connectivity index (χ3v) is 6.32. The molecule has 2 heterocycles. The molecule has 0 fully saturated rings. The number of anilines is 2. The summed E-state index contributed by atoms with van der Waals surface area (Å²) >= 11 is 0. The van der Waals surface area contributed by atoms with Gasteiger partial charge in [-0.2, -0.15) is 0 Å². The van der Waals surface area contributed by atoms with Gasteiger partial charge in [-0.15, -0.1) is 0 Å². The van der Waals surface area contributed by atoms with Gasteiger partial charge in [-0.25, -0.2) is 0 Å². The molecule has 5 rings (SSSR count). The van der Waals surface area contributed by atoms with Crippen LogP contribution in [0.5, 0.6) is 5.75 Å². The molecule has 1 atom stereocenters. The van der Waals surface area contributed by atoms with Crippen molar-refractivity contribution in [3.63, 3.8) is 0 Å². The first kappa shape index (κ1) is 18.7. The predicted octanol–water partition coefficient (Wildman–Crippen LogP) is 5.48. The van der Waals surface area contributed by atoms with E-state index in [1.165, 1.54) is 11.1 Å². The first-order valence-corrected chi connectivity index (χ1v) is 10.0. The Balaban J connectivity index is 1.64. The van der Waals surface area contributed by atoms with Crippen molar-refractivity contribution < 1.29 is 9.94 Å². The summed E-state index contributed by atoms with van der Waals surface area (Å²) in [5.41, 5.74) is 3.46. The van der Waals surface area contributed by atoms with Crippen LogP contribution in [0.4, 0.5) is 11.4 Å². The fourth-order valence-corrected chi connectivity index (χ4v) is 4.68. The monoisotopic (exact) mass is 399 g/mol. The van der Waals surface area contributed by atoms with Crippen molar-refractivity contribution in [2.75, 3.05) is 10.1 Å². The molecule has 1 N–H and O–H groups in total. The average Bonchev–Trinajstić information content (AvgIpc) is 2.93. The standard InChI is InChI=1S/C25H23N2O3/c1-24(2)21-10-6-7-11-22(21)26(17-18-8-4-3-5-9-18)25(24)15-14-19-16-20(27(28)29)12-13-23(19)30-25/h3-16,28H,17H2,1-2H3/q-1/t25-/m1/s1. The van der Waals surface area contributed by atoms with E-state index in [4.69, 9.17) is 4.74 Å². The second-order valence-corrected chi connectivity index (χ2v) is 8.34. The highest BCUT2D eigenvalue weighted by molar-refractivity contribution is 5.73. The number of rotatable bonds is 3. The van der Waals surface area contributed by atoms with Gasteiger partial charge in [-0.05, 0) is 61.4 Å². The maximum absolute atomic E-state index is 11.3. The van der Waals surface area contributed by atoms with Crippen LogP contribution in [0.3, 0.4) is 0 Å². The van der Waals surface area contributed by atoms with Crippen molar-refractivity contribution in [1.82, 2.24) is 0 Å². The minimum absolute atomic E-state index is 0.129. The van der Waals surface area contributed by atoms with E-state index in [0.717, 1.165) is 11.3 Å². The Morgan fingerprint density at radius 1 is 1.00 bits per heavy atom.